The molecule has 0 atom stereocenters. The van der Waals surface area contributed by atoms with E-state index < -0.39 is 0 Å². The molecule has 25 heavy (non-hydrogen) atoms. The van der Waals surface area contributed by atoms with Gasteiger partial charge in [-0.1, -0.05) is 30.3 Å². The molecule has 0 unspecified atom stereocenters. The molecular formula is C18H20BrN3O3. The number of hydrogen-bond donors (Lipinski definition) is 2. The molecule has 6 nitrogen and oxygen atoms in total. The van der Waals surface area contributed by atoms with Gasteiger partial charge >= 0.3 is 0 Å². The number of nitrogens with two attached hydrogens (primary N) is 1. The summed E-state index contributed by atoms with van der Waals surface area (Å²) in [6.07, 6.45) is 1.50. The van der Waals surface area contributed by atoms with Gasteiger partial charge in [0.15, 0.2) is 18.1 Å². The van der Waals surface area contributed by atoms with Crippen LogP contribution < -0.4 is 20.6 Å². The Balaban J connectivity index is 1.98. The van der Waals surface area contributed by atoms with Gasteiger partial charge in [-0.25, -0.2) is 0 Å². The van der Waals surface area contributed by atoms with Gasteiger partial charge in [0.1, 0.15) is 0 Å². The highest BCUT2D eigenvalue weighted by Gasteiger charge is 2.12. The molecular weight excluding hydrogens is 386 g/mol. The maximum Gasteiger partial charge on any atom is 0.258 e. The van der Waals surface area contributed by atoms with Crippen molar-refractivity contribution in [2.45, 2.75) is 13.5 Å². The maximum atomic E-state index is 12.0. The predicted molar refractivity (Wildman–Crippen MR) is 101 cm³/mol. The fourth-order valence-electron chi connectivity index (χ4n) is 2.10. The monoisotopic (exact) mass is 405 g/mol. The zero-order valence-electron chi connectivity index (χ0n) is 13.9. The van der Waals surface area contributed by atoms with Crippen molar-refractivity contribution in [2.24, 2.45) is 10.9 Å². The Morgan fingerprint density at radius 1 is 1.24 bits per heavy atom. The van der Waals surface area contributed by atoms with E-state index in [9.17, 15) is 4.79 Å². The Labute approximate surface area is 155 Å². The third-order valence-corrected chi connectivity index (χ3v) is 3.95. The zero-order chi connectivity index (χ0) is 18.1. The number of carbonyl (C=O) groups is 1. The number of hydrazone groups is 1. The summed E-state index contributed by atoms with van der Waals surface area (Å²) in [7, 11) is 0. The van der Waals surface area contributed by atoms with Gasteiger partial charge in [0.25, 0.3) is 5.91 Å². The topological polar surface area (TPSA) is 85.9 Å². The van der Waals surface area contributed by atoms with E-state index in [1.54, 1.807) is 12.1 Å². The van der Waals surface area contributed by atoms with Crippen molar-refractivity contribution in [1.82, 2.24) is 5.32 Å². The lowest BCUT2D eigenvalue weighted by Gasteiger charge is -2.14. The van der Waals surface area contributed by atoms with Gasteiger partial charge in [0.2, 0.25) is 0 Å². The van der Waals surface area contributed by atoms with E-state index in [-0.39, 0.29) is 12.5 Å². The standard InChI is InChI=1S/C18H20BrN3O3/c1-2-24-16-8-14(11-22-20)15(19)9-17(16)25-12-18(23)21-10-13-6-4-3-5-7-13/h3-9,11H,2,10,12,20H2,1H3,(H,21,23). The normalized spacial score (nSPS) is 10.6. The second-order valence-electron chi connectivity index (χ2n) is 5.08. The highest BCUT2D eigenvalue weighted by Crippen LogP contribution is 2.33. The molecule has 132 valence electrons. The van der Waals surface area contributed by atoms with E-state index in [2.05, 4.69) is 26.3 Å². The summed E-state index contributed by atoms with van der Waals surface area (Å²) in [5.74, 6) is 5.98. The van der Waals surface area contributed by atoms with E-state index in [4.69, 9.17) is 15.3 Å². The Kier molecular flexibility index (Phi) is 7.28. The first kappa shape index (κ1) is 18.8. The van der Waals surface area contributed by atoms with Crippen LogP contribution in [0.2, 0.25) is 0 Å². The summed E-state index contributed by atoms with van der Waals surface area (Å²) in [6, 6.07) is 13.2. The predicted octanol–water partition coefficient (Wildman–Crippen LogP) is 2.84. The number of carbonyl (C=O) groups excluding carboxylic acids is 1. The fourth-order valence-corrected chi connectivity index (χ4v) is 2.53. The SMILES string of the molecule is CCOc1cc(C=NN)c(Br)cc1OCC(=O)NCc1ccccc1. The number of ether oxygens (including phenoxy) is 2. The van der Waals surface area contributed by atoms with Crippen molar-refractivity contribution in [1.29, 1.82) is 0 Å². The highest BCUT2D eigenvalue weighted by atomic mass is 79.9. The van der Waals surface area contributed by atoms with Crippen LogP contribution in [0.15, 0.2) is 52.0 Å². The van der Waals surface area contributed by atoms with E-state index in [1.165, 1.54) is 6.21 Å². The summed E-state index contributed by atoms with van der Waals surface area (Å²) in [5.41, 5.74) is 1.78. The highest BCUT2D eigenvalue weighted by molar-refractivity contribution is 9.10. The third kappa shape index (κ3) is 5.79. The van der Waals surface area contributed by atoms with Crippen molar-refractivity contribution >= 4 is 28.1 Å². The van der Waals surface area contributed by atoms with Crippen LogP contribution in [0.3, 0.4) is 0 Å². The molecule has 2 rings (SSSR count). The van der Waals surface area contributed by atoms with Gasteiger partial charge < -0.3 is 20.6 Å². The van der Waals surface area contributed by atoms with Crippen molar-refractivity contribution in [3.05, 3.63) is 58.1 Å². The first-order valence-electron chi connectivity index (χ1n) is 7.77. The van der Waals surface area contributed by atoms with Crippen molar-refractivity contribution in [2.75, 3.05) is 13.2 Å². The van der Waals surface area contributed by atoms with Crippen LogP contribution >= 0.6 is 15.9 Å². The number of rotatable bonds is 8. The second kappa shape index (κ2) is 9.68. The molecule has 0 heterocycles. The molecule has 0 saturated heterocycles. The molecule has 0 fully saturated rings. The molecule has 2 aromatic carbocycles. The molecule has 0 aromatic heterocycles. The Hall–Kier alpha value is -2.54. The van der Waals surface area contributed by atoms with Crippen LogP contribution in [0.5, 0.6) is 11.5 Å². The first-order chi connectivity index (χ1) is 12.1. The Bertz CT molecular complexity index is 736. The molecule has 0 aliphatic carbocycles. The Morgan fingerprint density at radius 2 is 1.96 bits per heavy atom. The summed E-state index contributed by atoms with van der Waals surface area (Å²) in [4.78, 5) is 12.0. The number of amides is 1. The third-order valence-electron chi connectivity index (χ3n) is 3.27. The smallest absolute Gasteiger partial charge is 0.258 e. The van der Waals surface area contributed by atoms with Crippen LogP contribution in [-0.2, 0) is 11.3 Å². The lowest BCUT2D eigenvalue weighted by Crippen LogP contribution is -2.28. The number of nitrogens with zero attached hydrogens (tertiary/aromatic N) is 1. The number of benzene rings is 2. The average Bonchev–Trinajstić information content (AvgIpc) is 2.62. The molecule has 0 saturated carbocycles. The van der Waals surface area contributed by atoms with Crippen molar-refractivity contribution in [3.63, 3.8) is 0 Å². The molecule has 0 aliphatic rings. The van der Waals surface area contributed by atoms with Crippen molar-refractivity contribution < 1.29 is 14.3 Å². The van der Waals surface area contributed by atoms with E-state index in [0.717, 1.165) is 15.6 Å². The van der Waals surface area contributed by atoms with Crippen LogP contribution in [0.1, 0.15) is 18.1 Å². The first-order valence-corrected chi connectivity index (χ1v) is 8.56. The van der Waals surface area contributed by atoms with E-state index in [1.807, 2.05) is 37.3 Å². The second-order valence-corrected chi connectivity index (χ2v) is 5.94. The van der Waals surface area contributed by atoms with Gasteiger partial charge in [0.05, 0.1) is 12.8 Å². The van der Waals surface area contributed by atoms with Crippen LogP contribution in [0.4, 0.5) is 0 Å². The minimum Gasteiger partial charge on any atom is -0.490 e. The minimum atomic E-state index is -0.213. The quantitative estimate of drug-likeness (QED) is 0.401. The fraction of sp³-hybridized carbons (Fsp3) is 0.222. The number of hydrogen-bond acceptors (Lipinski definition) is 5. The molecule has 3 N–H and O–H groups in total. The summed E-state index contributed by atoms with van der Waals surface area (Å²) >= 11 is 3.42. The molecule has 2 aromatic rings. The molecule has 0 radical (unpaired) electrons. The summed E-state index contributed by atoms with van der Waals surface area (Å²) in [6.45, 7) is 2.69. The lowest BCUT2D eigenvalue weighted by molar-refractivity contribution is -0.123. The van der Waals surface area contributed by atoms with Gasteiger partial charge in [-0.2, -0.15) is 5.10 Å². The molecule has 0 aliphatic heterocycles. The minimum absolute atomic E-state index is 0.107. The summed E-state index contributed by atoms with van der Waals surface area (Å²) < 4.78 is 11.9. The molecule has 0 spiro atoms. The largest absolute Gasteiger partial charge is 0.490 e. The molecule has 7 heteroatoms. The number of halogens is 1. The van der Waals surface area contributed by atoms with E-state index in [0.29, 0.717) is 24.7 Å². The van der Waals surface area contributed by atoms with Crippen molar-refractivity contribution in [3.8, 4) is 11.5 Å². The van der Waals surface area contributed by atoms with Crippen LogP contribution in [-0.4, -0.2) is 25.3 Å². The number of nitrogens with one attached hydrogen (secondary N) is 1. The Morgan fingerprint density at radius 3 is 2.64 bits per heavy atom. The average molecular weight is 406 g/mol. The summed E-state index contributed by atoms with van der Waals surface area (Å²) in [5, 5.41) is 6.32. The lowest BCUT2D eigenvalue weighted by atomic mass is 10.2. The van der Waals surface area contributed by atoms with Gasteiger partial charge in [-0.3, -0.25) is 4.79 Å². The van der Waals surface area contributed by atoms with Gasteiger partial charge in [0, 0.05) is 16.6 Å². The van der Waals surface area contributed by atoms with Gasteiger partial charge in [-0.05, 0) is 40.5 Å². The maximum absolute atomic E-state index is 12.0. The van der Waals surface area contributed by atoms with Crippen LogP contribution in [0, 0.1) is 0 Å². The van der Waals surface area contributed by atoms with Crippen LogP contribution in [0.25, 0.3) is 0 Å². The van der Waals surface area contributed by atoms with E-state index >= 15 is 0 Å². The van der Waals surface area contributed by atoms with Gasteiger partial charge in [-0.15, -0.1) is 0 Å². The molecule has 0 bridgehead atoms. The molecule has 1 amide bonds. The zero-order valence-corrected chi connectivity index (χ0v) is 15.5.